The van der Waals surface area contributed by atoms with Crippen LogP contribution in [0.5, 0.6) is 0 Å². The lowest BCUT2D eigenvalue weighted by atomic mass is 10.0. The van der Waals surface area contributed by atoms with Gasteiger partial charge >= 0.3 is 5.69 Å². The predicted molar refractivity (Wildman–Crippen MR) is 71.7 cm³/mol. The summed E-state index contributed by atoms with van der Waals surface area (Å²) in [5.41, 5.74) is -1.36. The van der Waals surface area contributed by atoms with Gasteiger partial charge < -0.3 is 20.4 Å². The third-order valence-corrected chi connectivity index (χ3v) is 4.15. The number of H-pyrrole nitrogens is 1. The molecule has 19 heavy (non-hydrogen) atoms. The summed E-state index contributed by atoms with van der Waals surface area (Å²) in [6, 6.07) is -1.12. The molecule has 5 N–H and O–H groups in total. The molecule has 0 bridgehead atoms. The highest BCUT2D eigenvalue weighted by molar-refractivity contribution is 14.1. The van der Waals surface area contributed by atoms with Crippen molar-refractivity contribution in [2.24, 2.45) is 5.92 Å². The third kappa shape index (κ3) is 2.36. The zero-order chi connectivity index (χ0) is 14.3. The molecule has 0 aliphatic heterocycles. The van der Waals surface area contributed by atoms with E-state index in [1.54, 1.807) is 22.6 Å². The number of nitrogens with one attached hydrogen (secondary N) is 1. The minimum absolute atomic E-state index is 0.207. The first-order chi connectivity index (χ1) is 8.88. The van der Waals surface area contributed by atoms with Crippen molar-refractivity contribution in [3.63, 3.8) is 0 Å². The molecular weight excluding hydrogens is 371 g/mol. The van der Waals surface area contributed by atoms with Gasteiger partial charge in [-0.15, -0.1) is 0 Å². The zero-order valence-electron chi connectivity index (χ0n) is 9.60. The fourth-order valence-electron chi connectivity index (χ4n) is 2.34. The van der Waals surface area contributed by atoms with Crippen LogP contribution in [0.3, 0.4) is 0 Å². The van der Waals surface area contributed by atoms with Crippen LogP contribution in [-0.4, -0.2) is 54.9 Å². The highest BCUT2D eigenvalue weighted by Crippen LogP contribution is 2.34. The lowest BCUT2D eigenvalue weighted by Gasteiger charge is -2.21. The summed E-state index contributed by atoms with van der Waals surface area (Å²) in [5.74, 6) is -0.948. The van der Waals surface area contributed by atoms with Crippen LogP contribution < -0.4 is 11.2 Å². The van der Waals surface area contributed by atoms with Gasteiger partial charge in [-0.2, -0.15) is 0 Å². The second-order valence-electron chi connectivity index (χ2n) is 4.45. The normalized spacial score (nSPS) is 34.7. The average molecular weight is 384 g/mol. The Bertz CT molecular complexity index is 584. The lowest BCUT2D eigenvalue weighted by Crippen LogP contribution is -2.40. The molecule has 0 saturated heterocycles. The smallest absolute Gasteiger partial charge is 0.328 e. The van der Waals surface area contributed by atoms with Crippen molar-refractivity contribution in [2.45, 2.75) is 24.4 Å². The van der Waals surface area contributed by atoms with Gasteiger partial charge in [-0.25, -0.2) is 4.79 Å². The van der Waals surface area contributed by atoms with Gasteiger partial charge in [0.05, 0.1) is 28.4 Å². The average Bonchev–Trinajstić information content (AvgIpc) is 2.56. The van der Waals surface area contributed by atoms with Gasteiger partial charge in [0.25, 0.3) is 5.56 Å². The molecule has 5 atom stereocenters. The molecule has 1 aromatic rings. The maximum Gasteiger partial charge on any atom is 0.328 e. The van der Waals surface area contributed by atoms with Crippen LogP contribution in [-0.2, 0) is 0 Å². The molecule has 8 nitrogen and oxygen atoms in total. The van der Waals surface area contributed by atoms with E-state index >= 15 is 0 Å². The van der Waals surface area contributed by atoms with Crippen molar-refractivity contribution in [3.05, 3.63) is 30.6 Å². The summed E-state index contributed by atoms with van der Waals surface area (Å²) < 4.78 is 1.18. The standard InChI is InChI=1S/C10H13IN2O6/c11-4-1-13(10(19)12-9(4)18)5-6(15)3(2-14)7(16)8(5)17/h1,3,5-8,14-17H,2H2,(H,12,18,19)/t3-,5+,6+,7?,8?/m1/s1. The Morgan fingerprint density at radius 1 is 1.21 bits per heavy atom. The van der Waals surface area contributed by atoms with Crippen LogP contribution in [0.4, 0.5) is 0 Å². The number of aliphatic hydroxyl groups is 4. The van der Waals surface area contributed by atoms with E-state index in [0.29, 0.717) is 0 Å². The summed E-state index contributed by atoms with van der Waals surface area (Å²) in [4.78, 5) is 25.0. The van der Waals surface area contributed by atoms with Gasteiger partial charge in [0.15, 0.2) is 0 Å². The van der Waals surface area contributed by atoms with Gasteiger partial charge in [0, 0.05) is 12.1 Å². The quantitative estimate of drug-likeness (QED) is 0.355. The van der Waals surface area contributed by atoms with Crippen LogP contribution in [0, 0.1) is 9.49 Å². The maximum atomic E-state index is 11.7. The molecule has 1 fully saturated rings. The molecule has 1 aliphatic carbocycles. The van der Waals surface area contributed by atoms with E-state index in [2.05, 4.69) is 4.98 Å². The van der Waals surface area contributed by atoms with Crippen molar-refractivity contribution >= 4 is 22.6 Å². The molecule has 106 valence electrons. The van der Waals surface area contributed by atoms with E-state index in [4.69, 9.17) is 5.11 Å². The molecule has 1 aromatic heterocycles. The van der Waals surface area contributed by atoms with Crippen LogP contribution in [0.1, 0.15) is 6.04 Å². The van der Waals surface area contributed by atoms with E-state index in [1.165, 1.54) is 6.20 Å². The Kier molecular flexibility index (Phi) is 4.11. The fraction of sp³-hybridized carbons (Fsp3) is 0.600. The summed E-state index contributed by atoms with van der Waals surface area (Å²) in [6.45, 7) is -0.523. The molecule has 2 rings (SSSR count). The van der Waals surface area contributed by atoms with Crippen LogP contribution >= 0.6 is 22.6 Å². The van der Waals surface area contributed by atoms with Crippen molar-refractivity contribution in [1.82, 2.24) is 9.55 Å². The Morgan fingerprint density at radius 3 is 2.37 bits per heavy atom. The first-order valence-corrected chi connectivity index (χ1v) is 6.62. The Balaban J connectivity index is 2.50. The van der Waals surface area contributed by atoms with E-state index in [0.717, 1.165) is 4.57 Å². The number of nitrogens with zero attached hydrogens (tertiary/aromatic N) is 1. The lowest BCUT2D eigenvalue weighted by molar-refractivity contribution is -0.00810. The molecule has 0 amide bonds. The highest BCUT2D eigenvalue weighted by Gasteiger charge is 2.49. The topological polar surface area (TPSA) is 136 Å². The fourth-order valence-corrected chi connectivity index (χ4v) is 2.77. The van der Waals surface area contributed by atoms with E-state index in [-0.39, 0.29) is 3.57 Å². The van der Waals surface area contributed by atoms with Crippen molar-refractivity contribution in [3.8, 4) is 0 Å². The van der Waals surface area contributed by atoms with E-state index < -0.39 is 48.1 Å². The molecule has 1 saturated carbocycles. The predicted octanol–water partition coefficient (Wildman–Crippen LogP) is -2.61. The number of aromatic amines is 1. The Morgan fingerprint density at radius 2 is 1.84 bits per heavy atom. The number of hydrogen-bond acceptors (Lipinski definition) is 6. The monoisotopic (exact) mass is 384 g/mol. The molecule has 0 spiro atoms. The summed E-state index contributed by atoms with van der Waals surface area (Å²) >= 11 is 1.71. The number of halogens is 1. The second-order valence-corrected chi connectivity index (χ2v) is 5.61. The maximum absolute atomic E-state index is 11.7. The summed E-state index contributed by atoms with van der Waals surface area (Å²) in [6.07, 6.45) is -2.85. The largest absolute Gasteiger partial charge is 0.396 e. The molecule has 1 heterocycles. The SMILES string of the molecule is O=c1[nH]c(=O)n([C@@H]2C(O)C(O)[C@H](CO)[C@@H]2O)cc1I. The molecule has 9 heteroatoms. The number of rotatable bonds is 2. The zero-order valence-corrected chi connectivity index (χ0v) is 11.8. The van der Waals surface area contributed by atoms with Gasteiger partial charge in [-0.3, -0.25) is 14.3 Å². The van der Waals surface area contributed by atoms with Crippen LogP contribution in [0.25, 0.3) is 0 Å². The van der Waals surface area contributed by atoms with Crippen LogP contribution in [0.15, 0.2) is 15.8 Å². The van der Waals surface area contributed by atoms with Gasteiger partial charge in [0.2, 0.25) is 0 Å². The van der Waals surface area contributed by atoms with Crippen molar-refractivity contribution in [2.75, 3.05) is 6.61 Å². The van der Waals surface area contributed by atoms with E-state index in [9.17, 15) is 24.9 Å². The first-order valence-electron chi connectivity index (χ1n) is 5.54. The van der Waals surface area contributed by atoms with Gasteiger partial charge in [-0.1, -0.05) is 0 Å². The Hall–Kier alpha value is -0.750. The minimum atomic E-state index is -1.41. The van der Waals surface area contributed by atoms with Gasteiger partial charge in [0.1, 0.15) is 6.10 Å². The van der Waals surface area contributed by atoms with Gasteiger partial charge in [-0.05, 0) is 22.6 Å². The molecule has 0 aromatic carbocycles. The molecular formula is C10H13IN2O6. The molecule has 2 unspecified atom stereocenters. The number of hydrogen-bond donors (Lipinski definition) is 5. The van der Waals surface area contributed by atoms with Crippen molar-refractivity contribution < 1.29 is 20.4 Å². The van der Waals surface area contributed by atoms with E-state index in [1.807, 2.05) is 0 Å². The minimum Gasteiger partial charge on any atom is -0.396 e. The van der Waals surface area contributed by atoms with Crippen molar-refractivity contribution in [1.29, 1.82) is 0 Å². The Labute approximate surface area is 120 Å². The number of aromatic nitrogens is 2. The third-order valence-electron chi connectivity index (χ3n) is 3.38. The molecule has 0 radical (unpaired) electrons. The van der Waals surface area contributed by atoms with Crippen LogP contribution in [0.2, 0.25) is 0 Å². The second kappa shape index (κ2) is 5.32. The highest BCUT2D eigenvalue weighted by atomic mass is 127. The first kappa shape index (κ1) is 14.7. The number of aliphatic hydroxyl groups excluding tert-OH is 4. The summed E-state index contributed by atoms with van der Waals surface area (Å²) in [7, 11) is 0. The molecule has 1 aliphatic rings. The summed E-state index contributed by atoms with van der Waals surface area (Å²) in [5, 5.41) is 38.7.